The number of halogens is 1. The zero-order valence-corrected chi connectivity index (χ0v) is 22.9. The monoisotopic (exact) mass is 503 g/mol. The third kappa shape index (κ3) is 5.14. The van der Waals surface area contributed by atoms with Gasteiger partial charge in [-0.15, -0.1) is 0 Å². The lowest BCUT2D eigenvalue weighted by molar-refractivity contribution is -0.117. The van der Waals surface area contributed by atoms with E-state index < -0.39 is 12.8 Å². The quantitative estimate of drug-likeness (QED) is 0.254. The molecule has 202 valence electrons. The molecular weight excluding hydrogens is 457 g/mol. The van der Waals surface area contributed by atoms with Gasteiger partial charge in [0.1, 0.15) is 6.67 Å². The molecule has 0 aromatic carbocycles. The van der Waals surface area contributed by atoms with E-state index in [9.17, 15) is 14.0 Å². The van der Waals surface area contributed by atoms with E-state index in [4.69, 9.17) is 4.84 Å². The number of hydrogen-bond donors (Lipinski definition) is 1. The van der Waals surface area contributed by atoms with Crippen molar-refractivity contribution in [1.82, 2.24) is 10.2 Å². The molecule has 1 N–H and O–H groups in total. The van der Waals surface area contributed by atoms with Crippen LogP contribution in [0.2, 0.25) is 0 Å². The predicted molar refractivity (Wildman–Crippen MR) is 140 cm³/mol. The average molecular weight is 504 g/mol. The maximum Gasteiger partial charge on any atom is 0.436 e. The first-order valence-electron chi connectivity index (χ1n) is 14.1. The second kappa shape index (κ2) is 10.9. The first kappa shape index (κ1) is 27.3. The van der Waals surface area contributed by atoms with Crippen molar-refractivity contribution in [1.29, 1.82) is 0 Å². The number of ketones is 1. The minimum atomic E-state index is -0.603. The summed E-state index contributed by atoms with van der Waals surface area (Å²) in [6, 6.07) is 0.301. The van der Waals surface area contributed by atoms with E-state index in [2.05, 4.69) is 24.3 Å². The van der Waals surface area contributed by atoms with Crippen molar-refractivity contribution in [3.05, 3.63) is 11.6 Å². The number of carbonyl (C=O) groups is 2. The Morgan fingerprint density at radius 3 is 2.67 bits per heavy atom. The van der Waals surface area contributed by atoms with Crippen molar-refractivity contribution in [2.45, 2.75) is 92.0 Å². The molecule has 0 radical (unpaired) electrons. The number of oxime groups is 1. The second-order valence-electron chi connectivity index (χ2n) is 12.5. The summed E-state index contributed by atoms with van der Waals surface area (Å²) in [5.41, 5.74) is 2.63. The molecule has 7 heteroatoms. The van der Waals surface area contributed by atoms with Crippen LogP contribution in [0.3, 0.4) is 0 Å². The minimum Gasteiger partial charge on any atom is -0.313 e. The molecule has 0 aliphatic heterocycles. The Morgan fingerprint density at radius 1 is 1.17 bits per heavy atom. The molecule has 0 aromatic rings. The van der Waals surface area contributed by atoms with E-state index >= 15 is 0 Å². The van der Waals surface area contributed by atoms with Gasteiger partial charge in [-0.3, -0.25) is 9.63 Å². The summed E-state index contributed by atoms with van der Waals surface area (Å²) >= 11 is 0. The number of fused-ring (bicyclic) bond motifs is 5. The maximum atomic E-state index is 13.0. The fourth-order valence-electron chi connectivity index (χ4n) is 8.36. The SMILES string of the molecule is C/C(=N\OC(=O)N(CCF)CCNC(C)C)[C@H]1CC[C@H]2[C@@H]3CCC4=CC(=O)CC[C@]4(C)[C@H]3CC[C@]12C. The lowest BCUT2D eigenvalue weighted by Gasteiger charge is -2.58. The fraction of sp³-hybridized carbons (Fsp3) is 0.828. The normalized spacial score (nSPS) is 36.1. The van der Waals surface area contributed by atoms with Crippen LogP contribution >= 0.6 is 0 Å². The molecule has 1 amide bonds. The van der Waals surface area contributed by atoms with E-state index in [0.717, 1.165) is 31.4 Å². The third-order valence-electron chi connectivity index (χ3n) is 10.3. The molecule has 0 spiro atoms. The topological polar surface area (TPSA) is 71.0 Å². The largest absolute Gasteiger partial charge is 0.436 e. The third-order valence-corrected chi connectivity index (χ3v) is 10.3. The number of allylic oxidation sites excluding steroid dienone is 1. The molecule has 3 fully saturated rings. The van der Waals surface area contributed by atoms with E-state index in [1.54, 1.807) is 0 Å². The zero-order valence-electron chi connectivity index (χ0n) is 22.9. The fourth-order valence-corrected chi connectivity index (χ4v) is 8.36. The van der Waals surface area contributed by atoms with Crippen LogP contribution in [-0.2, 0) is 9.63 Å². The van der Waals surface area contributed by atoms with Gasteiger partial charge >= 0.3 is 6.09 Å². The van der Waals surface area contributed by atoms with Gasteiger partial charge in [-0.2, -0.15) is 0 Å². The van der Waals surface area contributed by atoms with Crippen LogP contribution < -0.4 is 5.32 Å². The molecule has 0 aromatic heterocycles. The van der Waals surface area contributed by atoms with Gasteiger partial charge in [0.2, 0.25) is 0 Å². The van der Waals surface area contributed by atoms with Gasteiger partial charge in [0.25, 0.3) is 0 Å². The van der Waals surface area contributed by atoms with Gasteiger partial charge in [-0.05, 0) is 86.5 Å². The number of alkyl halides is 1. The number of amides is 1. The summed E-state index contributed by atoms with van der Waals surface area (Å²) in [5.74, 6) is 2.60. The lowest BCUT2D eigenvalue weighted by atomic mass is 9.46. The van der Waals surface area contributed by atoms with E-state index in [0.29, 0.717) is 55.0 Å². The molecule has 6 atom stereocenters. The lowest BCUT2D eigenvalue weighted by Crippen LogP contribution is -2.51. The Morgan fingerprint density at radius 2 is 1.94 bits per heavy atom. The van der Waals surface area contributed by atoms with Gasteiger partial charge in [0.15, 0.2) is 5.78 Å². The molecule has 4 rings (SSSR count). The molecule has 4 aliphatic carbocycles. The summed E-state index contributed by atoms with van der Waals surface area (Å²) in [7, 11) is 0. The minimum absolute atomic E-state index is 0.0141. The van der Waals surface area contributed by atoms with Crippen molar-refractivity contribution >= 4 is 17.6 Å². The smallest absolute Gasteiger partial charge is 0.313 e. The first-order valence-corrected chi connectivity index (χ1v) is 14.1. The van der Waals surface area contributed by atoms with Crippen LogP contribution in [0.25, 0.3) is 0 Å². The van der Waals surface area contributed by atoms with Gasteiger partial charge in [-0.1, -0.05) is 38.4 Å². The number of nitrogens with zero attached hydrogens (tertiary/aromatic N) is 2. The van der Waals surface area contributed by atoms with Crippen LogP contribution in [0, 0.1) is 34.5 Å². The van der Waals surface area contributed by atoms with Crippen molar-refractivity contribution in [3.8, 4) is 0 Å². The highest BCUT2D eigenvalue weighted by molar-refractivity contribution is 5.91. The summed E-state index contributed by atoms with van der Waals surface area (Å²) in [4.78, 5) is 31.5. The molecule has 0 bridgehead atoms. The Hall–Kier alpha value is -1.76. The maximum absolute atomic E-state index is 13.0. The van der Waals surface area contributed by atoms with Gasteiger partial charge in [0, 0.05) is 31.5 Å². The first-order chi connectivity index (χ1) is 17.1. The average Bonchev–Trinajstić information content (AvgIpc) is 3.19. The summed E-state index contributed by atoms with van der Waals surface area (Å²) in [6.45, 7) is 11.3. The van der Waals surface area contributed by atoms with E-state index in [-0.39, 0.29) is 17.4 Å². The number of carbonyl (C=O) groups excluding carboxylic acids is 2. The van der Waals surface area contributed by atoms with E-state index in [1.165, 1.54) is 29.7 Å². The Labute approximate surface area is 216 Å². The highest BCUT2D eigenvalue weighted by Gasteiger charge is 2.59. The molecule has 4 aliphatic rings. The number of hydrogen-bond acceptors (Lipinski definition) is 5. The van der Waals surface area contributed by atoms with Crippen LogP contribution in [0.15, 0.2) is 16.8 Å². The summed E-state index contributed by atoms with van der Waals surface area (Å²) < 4.78 is 13.0. The molecule has 6 nitrogen and oxygen atoms in total. The highest BCUT2D eigenvalue weighted by atomic mass is 19.1. The Kier molecular flexibility index (Phi) is 8.28. The van der Waals surface area contributed by atoms with Crippen LogP contribution in [0.1, 0.15) is 86.0 Å². The standard InChI is InChI=1S/C29H46FN3O3/c1-19(2)31-15-17-33(16-14-30)27(35)36-32-20(3)24-8-9-25-23-7-6-21-18-22(34)10-12-28(21,4)26(23)11-13-29(24,25)5/h18-19,23-26,31H,6-17H2,1-5H3/b32-20+/t23-,24+,25-,26-,28-,29+/m0/s1. The Bertz CT molecular complexity index is 902. The van der Waals surface area contributed by atoms with Gasteiger partial charge < -0.3 is 10.2 Å². The van der Waals surface area contributed by atoms with Crippen molar-refractivity contribution in [2.24, 2.45) is 39.7 Å². The zero-order chi connectivity index (χ0) is 26.1. The van der Waals surface area contributed by atoms with Crippen molar-refractivity contribution in [2.75, 3.05) is 26.3 Å². The number of rotatable bonds is 8. The molecule has 0 heterocycles. The van der Waals surface area contributed by atoms with Gasteiger partial charge in [-0.25, -0.2) is 9.18 Å². The van der Waals surface area contributed by atoms with Crippen LogP contribution in [0.5, 0.6) is 0 Å². The molecule has 3 saturated carbocycles. The van der Waals surface area contributed by atoms with E-state index in [1.807, 2.05) is 26.8 Å². The Balaban J connectivity index is 1.42. The van der Waals surface area contributed by atoms with Crippen LogP contribution in [0.4, 0.5) is 9.18 Å². The van der Waals surface area contributed by atoms with Crippen molar-refractivity contribution < 1.29 is 18.8 Å². The predicted octanol–water partition coefficient (Wildman–Crippen LogP) is 5.92. The molecule has 0 unspecified atom stereocenters. The number of nitrogens with one attached hydrogen (secondary N) is 1. The van der Waals surface area contributed by atoms with Gasteiger partial charge in [0.05, 0.1) is 12.3 Å². The molecular formula is C29H46FN3O3. The second-order valence-corrected chi connectivity index (χ2v) is 12.5. The summed E-state index contributed by atoms with van der Waals surface area (Å²) in [6.07, 6.45) is 9.93. The summed E-state index contributed by atoms with van der Waals surface area (Å²) in [5, 5.41) is 7.57. The van der Waals surface area contributed by atoms with Crippen molar-refractivity contribution in [3.63, 3.8) is 0 Å². The van der Waals surface area contributed by atoms with Crippen LogP contribution in [-0.4, -0.2) is 54.8 Å². The highest BCUT2D eigenvalue weighted by Crippen LogP contribution is 2.66. The molecule has 0 saturated heterocycles. The molecule has 36 heavy (non-hydrogen) atoms.